The van der Waals surface area contributed by atoms with Crippen molar-refractivity contribution in [3.8, 4) is 5.75 Å². The summed E-state index contributed by atoms with van der Waals surface area (Å²) < 4.78 is 5.72. The van der Waals surface area contributed by atoms with Gasteiger partial charge in [0.15, 0.2) is 6.61 Å². The Bertz CT molecular complexity index is 817. The molecule has 2 aromatic carbocycles. The number of carbonyl (C=O) groups excluding carboxylic acids is 2. The second-order valence-corrected chi connectivity index (χ2v) is 7.55. The van der Waals surface area contributed by atoms with Crippen molar-refractivity contribution in [2.75, 3.05) is 13.2 Å². The van der Waals surface area contributed by atoms with E-state index < -0.39 is 6.04 Å². The summed E-state index contributed by atoms with van der Waals surface area (Å²) in [6.45, 7) is 8.83. The van der Waals surface area contributed by atoms with Gasteiger partial charge in [0.05, 0.1) is 0 Å². The average Bonchev–Trinajstić information content (AvgIpc) is 2.77. The zero-order valence-electron chi connectivity index (χ0n) is 18.6. The van der Waals surface area contributed by atoms with E-state index in [9.17, 15) is 9.59 Å². The van der Waals surface area contributed by atoms with E-state index in [1.54, 1.807) is 11.8 Å². The number of unbranched alkanes of at least 4 members (excludes halogenated alkanes) is 1. The average molecular weight is 411 g/mol. The van der Waals surface area contributed by atoms with Gasteiger partial charge in [0.25, 0.3) is 5.91 Å². The molecule has 162 valence electrons. The van der Waals surface area contributed by atoms with Crippen LogP contribution in [0.2, 0.25) is 0 Å². The van der Waals surface area contributed by atoms with E-state index in [0.29, 0.717) is 18.8 Å². The van der Waals surface area contributed by atoms with Crippen LogP contribution in [-0.2, 0) is 22.6 Å². The normalized spacial score (nSPS) is 11.6. The Morgan fingerprint density at radius 1 is 1.07 bits per heavy atom. The molecule has 0 heterocycles. The quantitative estimate of drug-likeness (QED) is 0.563. The summed E-state index contributed by atoms with van der Waals surface area (Å²) in [5.74, 6) is 0.296. The van der Waals surface area contributed by atoms with Crippen molar-refractivity contribution in [2.45, 2.75) is 59.5 Å². The fourth-order valence-corrected chi connectivity index (χ4v) is 3.14. The SMILES string of the molecule is CCCCNC(=O)[C@H](C)N(Cc1ccccc1C)C(=O)COc1ccc(CC)cc1. The second kappa shape index (κ2) is 12.0. The summed E-state index contributed by atoms with van der Waals surface area (Å²) in [4.78, 5) is 27.3. The number of ether oxygens (including phenoxy) is 1. The van der Waals surface area contributed by atoms with Crippen molar-refractivity contribution < 1.29 is 14.3 Å². The first-order chi connectivity index (χ1) is 14.5. The Morgan fingerprint density at radius 2 is 1.77 bits per heavy atom. The number of aryl methyl sites for hydroxylation is 2. The number of nitrogens with zero attached hydrogens (tertiary/aromatic N) is 1. The van der Waals surface area contributed by atoms with Crippen LogP contribution in [-0.4, -0.2) is 35.9 Å². The van der Waals surface area contributed by atoms with Crippen LogP contribution in [0.4, 0.5) is 0 Å². The monoisotopic (exact) mass is 410 g/mol. The largest absolute Gasteiger partial charge is 0.484 e. The number of hydrogen-bond acceptors (Lipinski definition) is 3. The maximum Gasteiger partial charge on any atom is 0.261 e. The Morgan fingerprint density at radius 3 is 2.40 bits per heavy atom. The molecule has 0 fully saturated rings. The Kier molecular flexibility index (Phi) is 9.39. The smallest absolute Gasteiger partial charge is 0.261 e. The van der Waals surface area contributed by atoms with Crippen LogP contribution in [0.1, 0.15) is 50.3 Å². The number of benzene rings is 2. The number of hydrogen-bond donors (Lipinski definition) is 1. The standard InChI is InChI=1S/C25H34N2O3/c1-5-7-16-26-25(29)20(4)27(17-22-11-9-8-10-19(22)3)24(28)18-30-23-14-12-21(6-2)13-15-23/h8-15,20H,5-7,16-18H2,1-4H3,(H,26,29)/t20-/m0/s1. The lowest BCUT2D eigenvalue weighted by molar-refractivity contribution is -0.142. The first kappa shape index (κ1) is 23.5. The summed E-state index contributed by atoms with van der Waals surface area (Å²) in [7, 11) is 0. The van der Waals surface area contributed by atoms with Crippen LogP contribution in [0.25, 0.3) is 0 Å². The van der Waals surface area contributed by atoms with Gasteiger partial charge in [0, 0.05) is 13.1 Å². The van der Waals surface area contributed by atoms with E-state index >= 15 is 0 Å². The molecule has 2 aromatic rings. The van der Waals surface area contributed by atoms with Crippen LogP contribution < -0.4 is 10.1 Å². The van der Waals surface area contributed by atoms with Crippen molar-refractivity contribution in [3.63, 3.8) is 0 Å². The molecule has 0 aliphatic carbocycles. The highest BCUT2D eigenvalue weighted by molar-refractivity contribution is 5.88. The molecule has 0 radical (unpaired) electrons. The van der Waals surface area contributed by atoms with E-state index in [4.69, 9.17) is 4.74 Å². The summed E-state index contributed by atoms with van der Waals surface area (Å²) in [5.41, 5.74) is 3.32. The Balaban J connectivity index is 2.10. The Labute approximate surface area is 180 Å². The number of amides is 2. The van der Waals surface area contributed by atoms with Gasteiger partial charge in [-0.05, 0) is 55.5 Å². The van der Waals surface area contributed by atoms with Crippen molar-refractivity contribution in [2.24, 2.45) is 0 Å². The molecular formula is C25H34N2O3. The van der Waals surface area contributed by atoms with Crippen LogP contribution in [0.5, 0.6) is 5.75 Å². The van der Waals surface area contributed by atoms with Crippen LogP contribution >= 0.6 is 0 Å². The third-order valence-corrected chi connectivity index (χ3v) is 5.29. The first-order valence-corrected chi connectivity index (χ1v) is 10.8. The molecule has 0 saturated carbocycles. The van der Waals surface area contributed by atoms with Crippen LogP contribution in [0, 0.1) is 6.92 Å². The summed E-state index contributed by atoms with van der Waals surface area (Å²) in [6.07, 6.45) is 2.88. The van der Waals surface area contributed by atoms with Gasteiger partial charge in [0.2, 0.25) is 5.91 Å². The molecule has 5 nitrogen and oxygen atoms in total. The lowest BCUT2D eigenvalue weighted by atomic mass is 10.1. The summed E-state index contributed by atoms with van der Waals surface area (Å²) >= 11 is 0. The van der Waals surface area contributed by atoms with E-state index in [-0.39, 0.29) is 18.4 Å². The highest BCUT2D eigenvalue weighted by atomic mass is 16.5. The number of rotatable bonds is 11. The molecule has 30 heavy (non-hydrogen) atoms. The van der Waals surface area contributed by atoms with Gasteiger partial charge < -0.3 is 15.0 Å². The third-order valence-electron chi connectivity index (χ3n) is 5.29. The van der Waals surface area contributed by atoms with Gasteiger partial charge in [-0.3, -0.25) is 9.59 Å². The molecule has 0 unspecified atom stereocenters. The predicted molar refractivity (Wildman–Crippen MR) is 120 cm³/mol. The minimum Gasteiger partial charge on any atom is -0.484 e. The third kappa shape index (κ3) is 6.90. The first-order valence-electron chi connectivity index (χ1n) is 10.8. The summed E-state index contributed by atoms with van der Waals surface area (Å²) in [6, 6.07) is 15.1. The molecule has 0 saturated heterocycles. The zero-order chi connectivity index (χ0) is 21.9. The van der Waals surface area contributed by atoms with Crippen LogP contribution in [0.15, 0.2) is 48.5 Å². The van der Waals surface area contributed by atoms with Crippen LogP contribution in [0.3, 0.4) is 0 Å². The molecule has 2 amide bonds. The molecule has 5 heteroatoms. The number of nitrogens with one attached hydrogen (secondary N) is 1. The lowest BCUT2D eigenvalue weighted by Crippen LogP contribution is -2.49. The van der Waals surface area contributed by atoms with Gasteiger partial charge in [-0.2, -0.15) is 0 Å². The maximum atomic E-state index is 13.1. The van der Waals surface area contributed by atoms with Gasteiger partial charge in [-0.15, -0.1) is 0 Å². The minimum absolute atomic E-state index is 0.107. The molecule has 1 atom stereocenters. The topological polar surface area (TPSA) is 58.6 Å². The van der Waals surface area contributed by atoms with E-state index in [1.165, 1.54) is 5.56 Å². The van der Waals surface area contributed by atoms with Gasteiger partial charge >= 0.3 is 0 Å². The van der Waals surface area contributed by atoms with Gasteiger partial charge in [-0.1, -0.05) is 56.7 Å². The molecular weight excluding hydrogens is 376 g/mol. The van der Waals surface area contributed by atoms with E-state index in [0.717, 1.165) is 30.4 Å². The van der Waals surface area contributed by atoms with E-state index in [2.05, 4.69) is 19.2 Å². The lowest BCUT2D eigenvalue weighted by Gasteiger charge is -2.29. The fraction of sp³-hybridized carbons (Fsp3) is 0.440. The fourth-order valence-electron chi connectivity index (χ4n) is 3.14. The van der Waals surface area contributed by atoms with Crippen molar-refractivity contribution in [3.05, 3.63) is 65.2 Å². The van der Waals surface area contributed by atoms with Crippen molar-refractivity contribution >= 4 is 11.8 Å². The minimum atomic E-state index is -0.583. The second-order valence-electron chi connectivity index (χ2n) is 7.55. The molecule has 0 spiro atoms. The van der Waals surface area contributed by atoms with Gasteiger partial charge in [0.1, 0.15) is 11.8 Å². The highest BCUT2D eigenvalue weighted by Gasteiger charge is 2.26. The van der Waals surface area contributed by atoms with Gasteiger partial charge in [-0.25, -0.2) is 0 Å². The summed E-state index contributed by atoms with van der Waals surface area (Å²) in [5, 5.41) is 2.93. The predicted octanol–water partition coefficient (Wildman–Crippen LogP) is 4.27. The molecule has 0 aliphatic rings. The maximum absolute atomic E-state index is 13.1. The molecule has 0 aromatic heterocycles. The van der Waals surface area contributed by atoms with Crippen molar-refractivity contribution in [1.82, 2.24) is 10.2 Å². The van der Waals surface area contributed by atoms with Crippen molar-refractivity contribution in [1.29, 1.82) is 0 Å². The zero-order valence-corrected chi connectivity index (χ0v) is 18.6. The molecule has 0 bridgehead atoms. The molecule has 2 rings (SSSR count). The van der Waals surface area contributed by atoms with E-state index in [1.807, 2.05) is 55.5 Å². The Hall–Kier alpha value is -2.82. The highest BCUT2D eigenvalue weighted by Crippen LogP contribution is 2.16. The molecule has 1 N–H and O–H groups in total. The molecule has 0 aliphatic heterocycles. The number of carbonyl (C=O) groups is 2.